The van der Waals surface area contributed by atoms with Crippen molar-refractivity contribution < 1.29 is 31.4 Å². The number of para-hydroxylation sites is 2. The zero-order chi connectivity index (χ0) is 21.3. The van der Waals surface area contributed by atoms with Gasteiger partial charge in [0.15, 0.2) is 18.0 Å². The van der Waals surface area contributed by atoms with Gasteiger partial charge in [0.2, 0.25) is 0 Å². The lowest BCUT2D eigenvalue weighted by Gasteiger charge is -2.26. The number of amidine groups is 1. The molecule has 0 bridgehead atoms. The van der Waals surface area contributed by atoms with Crippen LogP contribution in [0.15, 0.2) is 48.5 Å². The van der Waals surface area contributed by atoms with Crippen molar-refractivity contribution in [2.75, 3.05) is 30.3 Å². The Morgan fingerprint density at radius 1 is 1.06 bits per heavy atom. The van der Waals surface area contributed by atoms with Crippen molar-refractivity contribution in [1.29, 1.82) is 0 Å². The van der Waals surface area contributed by atoms with E-state index < -0.39 is 5.72 Å². The van der Waals surface area contributed by atoms with Gasteiger partial charge in [-0.3, -0.25) is 0 Å². The van der Waals surface area contributed by atoms with Crippen molar-refractivity contribution in [2.24, 2.45) is 0 Å². The Bertz CT molecular complexity index is 959. The largest absolute Gasteiger partial charge is 1.00 e. The fourth-order valence-corrected chi connectivity index (χ4v) is 6.52. The molecule has 2 aromatic carbocycles. The van der Waals surface area contributed by atoms with Gasteiger partial charge in [0.25, 0.3) is 5.72 Å². The molecule has 32 heavy (non-hydrogen) atoms. The van der Waals surface area contributed by atoms with Gasteiger partial charge in [0.05, 0.1) is 13.2 Å². The number of nitrogens with zero attached hydrogens (tertiary/aromatic N) is 2. The molecule has 6 heteroatoms. The van der Waals surface area contributed by atoms with E-state index in [1.165, 1.54) is 37.7 Å². The van der Waals surface area contributed by atoms with Gasteiger partial charge in [-0.15, -0.1) is 0 Å². The number of hydrogen-bond acceptors (Lipinski definition) is 4. The minimum absolute atomic E-state index is 0. The third-order valence-electron chi connectivity index (χ3n) is 6.95. The van der Waals surface area contributed by atoms with Crippen LogP contribution in [0.4, 0.5) is 5.69 Å². The second-order valence-electron chi connectivity index (χ2n) is 8.90. The molecule has 1 atom stereocenters. The molecule has 172 valence electrons. The van der Waals surface area contributed by atoms with Crippen LogP contribution < -0.4 is 26.6 Å². The van der Waals surface area contributed by atoms with E-state index in [4.69, 9.17) is 4.74 Å². The number of benzene rings is 2. The molecule has 1 N–H and O–H groups in total. The summed E-state index contributed by atoms with van der Waals surface area (Å²) < 4.78 is 8.13. The topological polar surface area (TPSA) is 35.7 Å². The standard InChI is InChI=1S/C26H33N2O2S.BrH/c1-2-30-24-12-7-6-11-23(24)27-19-26(29,28-17-8-18-31-25(27)28)22-15-13-21(14-16-22)20-9-4-3-5-10-20;/h6-7,11-16,20,29H,2-5,8-10,17-19H2,1H3;1H/q+1;/p-1. The van der Waals surface area contributed by atoms with E-state index in [2.05, 4.69) is 39.8 Å². The number of rotatable bonds is 5. The molecule has 2 heterocycles. The van der Waals surface area contributed by atoms with Crippen LogP contribution in [0.25, 0.3) is 0 Å². The van der Waals surface area contributed by atoms with E-state index >= 15 is 0 Å². The number of halogens is 1. The predicted octanol–water partition coefficient (Wildman–Crippen LogP) is 2.31. The number of β-amino-alcohol motifs (C(OH)–C–C–N with tert-alkyl or cyclic N) is 1. The van der Waals surface area contributed by atoms with E-state index in [0.717, 1.165) is 40.9 Å². The number of hydrogen-bond donors (Lipinski definition) is 1. The first kappa shape index (κ1) is 23.7. The molecule has 2 aromatic rings. The molecule has 1 fully saturated rings. The van der Waals surface area contributed by atoms with Crippen LogP contribution in [0.3, 0.4) is 0 Å². The normalized spacial score (nSPS) is 23.6. The molecule has 2 aliphatic heterocycles. The third kappa shape index (κ3) is 4.34. The first-order valence-electron chi connectivity index (χ1n) is 11.8. The van der Waals surface area contributed by atoms with E-state index in [1.807, 2.05) is 36.9 Å². The lowest BCUT2D eigenvalue weighted by Crippen LogP contribution is -3.00. The summed E-state index contributed by atoms with van der Waals surface area (Å²) >= 11 is 1.84. The summed E-state index contributed by atoms with van der Waals surface area (Å²) in [7, 11) is 0. The predicted molar refractivity (Wildman–Crippen MR) is 128 cm³/mol. The Labute approximate surface area is 206 Å². The van der Waals surface area contributed by atoms with Gasteiger partial charge in [0, 0.05) is 11.3 Å². The maximum atomic E-state index is 12.0. The Morgan fingerprint density at radius 3 is 2.56 bits per heavy atom. The maximum absolute atomic E-state index is 12.0. The van der Waals surface area contributed by atoms with Gasteiger partial charge >= 0.3 is 5.17 Å². The van der Waals surface area contributed by atoms with Crippen molar-refractivity contribution in [1.82, 2.24) is 0 Å². The Kier molecular flexibility index (Phi) is 7.53. The fourth-order valence-electron chi connectivity index (χ4n) is 5.35. The van der Waals surface area contributed by atoms with E-state index in [9.17, 15) is 5.11 Å². The van der Waals surface area contributed by atoms with E-state index in [1.54, 1.807) is 0 Å². The molecule has 5 rings (SSSR count). The van der Waals surface area contributed by atoms with Gasteiger partial charge in [-0.25, -0.2) is 9.48 Å². The molecule has 1 aliphatic carbocycles. The van der Waals surface area contributed by atoms with Gasteiger partial charge in [-0.2, -0.15) is 0 Å². The first-order valence-corrected chi connectivity index (χ1v) is 12.8. The van der Waals surface area contributed by atoms with Gasteiger partial charge < -0.3 is 26.8 Å². The molecule has 4 nitrogen and oxygen atoms in total. The van der Waals surface area contributed by atoms with Crippen LogP contribution in [0.5, 0.6) is 5.75 Å². The highest BCUT2D eigenvalue weighted by Gasteiger charge is 2.53. The van der Waals surface area contributed by atoms with Crippen LogP contribution in [0.1, 0.15) is 62.5 Å². The Balaban J connectivity index is 0.00000245. The second kappa shape index (κ2) is 10.2. The highest BCUT2D eigenvalue weighted by atomic mass is 79.9. The molecule has 0 radical (unpaired) electrons. The van der Waals surface area contributed by atoms with E-state index in [0.29, 0.717) is 19.1 Å². The smallest absolute Gasteiger partial charge is 0.316 e. The number of anilines is 1. The van der Waals surface area contributed by atoms with Crippen molar-refractivity contribution in [3.8, 4) is 5.75 Å². The molecule has 0 spiro atoms. The fraction of sp³-hybridized carbons (Fsp3) is 0.500. The summed E-state index contributed by atoms with van der Waals surface area (Å²) in [5.41, 5.74) is 2.44. The van der Waals surface area contributed by atoms with Crippen molar-refractivity contribution in [2.45, 2.75) is 57.1 Å². The minimum Gasteiger partial charge on any atom is -1.00 e. The first-order chi connectivity index (χ1) is 15.2. The molecule has 0 aromatic heterocycles. The molecule has 1 saturated carbocycles. The average molecular weight is 518 g/mol. The number of ether oxygens (including phenoxy) is 1. The summed E-state index contributed by atoms with van der Waals surface area (Å²) in [4.78, 5) is 2.25. The highest BCUT2D eigenvalue weighted by molar-refractivity contribution is 8.13. The lowest BCUT2D eigenvalue weighted by molar-refractivity contribution is -0.656. The molecular formula is C26H33BrN2O2S. The second-order valence-corrected chi connectivity index (χ2v) is 9.96. The zero-order valence-corrected chi connectivity index (χ0v) is 21.2. The number of thioether (sulfide) groups is 1. The molecule has 0 amide bonds. The lowest BCUT2D eigenvalue weighted by atomic mass is 9.83. The van der Waals surface area contributed by atoms with Crippen LogP contribution >= 0.6 is 11.8 Å². The monoisotopic (exact) mass is 516 g/mol. The molecular weight excluding hydrogens is 484 g/mol. The number of aliphatic hydroxyl groups is 1. The van der Waals surface area contributed by atoms with Crippen molar-refractivity contribution in [3.63, 3.8) is 0 Å². The Hall–Kier alpha value is -1.50. The van der Waals surface area contributed by atoms with Gasteiger partial charge in [0.1, 0.15) is 0 Å². The summed E-state index contributed by atoms with van der Waals surface area (Å²) in [5.74, 6) is 2.64. The summed E-state index contributed by atoms with van der Waals surface area (Å²) in [6, 6.07) is 17.0. The highest BCUT2D eigenvalue weighted by Crippen LogP contribution is 2.41. The van der Waals surface area contributed by atoms with E-state index in [-0.39, 0.29) is 17.0 Å². The van der Waals surface area contributed by atoms with Crippen LogP contribution in [-0.4, -0.2) is 40.3 Å². The summed E-state index contributed by atoms with van der Waals surface area (Å²) in [6.45, 7) is 4.03. The summed E-state index contributed by atoms with van der Waals surface area (Å²) in [5, 5.41) is 13.2. The quantitative estimate of drug-likeness (QED) is 0.618. The Morgan fingerprint density at radius 2 is 1.81 bits per heavy atom. The maximum Gasteiger partial charge on any atom is 0.316 e. The minimum atomic E-state index is -1.02. The van der Waals surface area contributed by atoms with Gasteiger partial charge in [-0.1, -0.05) is 55.7 Å². The van der Waals surface area contributed by atoms with Gasteiger partial charge in [-0.05, 0) is 61.6 Å². The van der Waals surface area contributed by atoms with Crippen molar-refractivity contribution in [3.05, 3.63) is 59.7 Å². The zero-order valence-electron chi connectivity index (χ0n) is 18.8. The third-order valence-corrected chi connectivity index (χ3v) is 8.14. The summed E-state index contributed by atoms with van der Waals surface area (Å²) in [6.07, 6.45) is 7.73. The molecule has 0 saturated heterocycles. The molecule has 1 unspecified atom stereocenters. The molecule has 3 aliphatic rings. The van der Waals surface area contributed by atoms with Crippen molar-refractivity contribution >= 4 is 22.6 Å². The average Bonchev–Trinajstić information content (AvgIpc) is 3.14. The SMILES string of the molecule is CCOc1ccccc1N1CC(O)(c2ccc(C3CCCCC3)cc2)[N+]2=C1SCCC2.[Br-]. The van der Waals surface area contributed by atoms with Crippen LogP contribution in [0, 0.1) is 0 Å². The van der Waals surface area contributed by atoms with Crippen LogP contribution in [-0.2, 0) is 5.72 Å². The van der Waals surface area contributed by atoms with Crippen LogP contribution in [0.2, 0.25) is 0 Å².